The number of rotatable bonds is 6. The molecule has 3 aromatic rings. The summed E-state index contributed by atoms with van der Waals surface area (Å²) >= 11 is 1.75. The number of ether oxygens (including phenoxy) is 1. The van der Waals surface area contributed by atoms with Crippen LogP contribution in [0.15, 0.2) is 53.9 Å². The molecule has 0 radical (unpaired) electrons. The molecule has 0 aliphatic heterocycles. The number of nitrogens with one attached hydrogen (secondary N) is 1. The van der Waals surface area contributed by atoms with Crippen molar-refractivity contribution in [2.45, 2.75) is 19.4 Å². The van der Waals surface area contributed by atoms with Crippen molar-refractivity contribution < 1.29 is 4.74 Å². The highest BCUT2D eigenvalue weighted by molar-refractivity contribution is 7.17. The summed E-state index contributed by atoms with van der Waals surface area (Å²) in [6.07, 6.45) is 1.02. The summed E-state index contributed by atoms with van der Waals surface area (Å²) in [7, 11) is 1.98. The van der Waals surface area contributed by atoms with Crippen molar-refractivity contribution in [1.29, 1.82) is 0 Å². The molecule has 0 fully saturated rings. The second-order valence-corrected chi connectivity index (χ2v) is 6.37. The van der Waals surface area contributed by atoms with E-state index in [1.54, 1.807) is 11.3 Å². The van der Waals surface area contributed by atoms with E-state index < -0.39 is 0 Å². The molecule has 3 rings (SSSR count). The summed E-state index contributed by atoms with van der Waals surface area (Å²) in [5.41, 5.74) is 2.53. The van der Waals surface area contributed by atoms with E-state index in [0.717, 1.165) is 18.7 Å². The maximum atomic E-state index is 6.40. The van der Waals surface area contributed by atoms with Gasteiger partial charge < -0.3 is 10.1 Å². The van der Waals surface area contributed by atoms with Crippen LogP contribution >= 0.6 is 23.7 Å². The van der Waals surface area contributed by atoms with Crippen LogP contribution < -0.4 is 10.1 Å². The monoisotopic (exact) mass is 347 g/mol. The van der Waals surface area contributed by atoms with Crippen LogP contribution in [0.1, 0.15) is 23.7 Å². The lowest BCUT2D eigenvalue weighted by Gasteiger charge is -2.20. The van der Waals surface area contributed by atoms with E-state index in [9.17, 15) is 0 Å². The summed E-state index contributed by atoms with van der Waals surface area (Å²) < 4.78 is 7.64. The average molecular weight is 348 g/mol. The molecule has 0 bridgehead atoms. The Balaban J connectivity index is 0.00000192. The molecule has 1 atom stereocenters. The van der Waals surface area contributed by atoms with E-state index in [0.29, 0.717) is 0 Å². The molecule has 0 spiro atoms. The Morgan fingerprint density at radius 1 is 1.09 bits per heavy atom. The lowest BCUT2D eigenvalue weighted by Crippen LogP contribution is -2.16. The van der Waals surface area contributed by atoms with Gasteiger partial charge in [0.1, 0.15) is 11.9 Å². The quantitative estimate of drug-likeness (QED) is 0.648. The molecule has 0 saturated heterocycles. The fourth-order valence-electron chi connectivity index (χ4n) is 2.66. The zero-order valence-electron chi connectivity index (χ0n) is 13.4. The van der Waals surface area contributed by atoms with Gasteiger partial charge in [-0.15, -0.1) is 23.7 Å². The van der Waals surface area contributed by atoms with Crippen LogP contribution in [0, 0.1) is 6.92 Å². The third-order valence-corrected chi connectivity index (χ3v) is 4.82. The SMILES string of the molecule is CNCC[C@H](Oc1ccc(C)c2ccsc12)c1ccccc1.Cl. The first kappa shape index (κ1) is 17.8. The van der Waals surface area contributed by atoms with Crippen molar-refractivity contribution in [3.63, 3.8) is 0 Å². The lowest BCUT2D eigenvalue weighted by molar-refractivity contribution is 0.198. The Hall–Kier alpha value is -1.55. The summed E-state index contributed by atoms with van der Waals surface area (Å²) in [6.45, 7) is 3.08. The first-order valence-electron chi connectivity index (χ1n) is 7.62. The zero-order chi connectivity index (χ0) is 15.4. The van der Waals surface area contributed by atoms with Gasteiger partial charge in [0.25, 0.3) is 0 Å². The maximum Gasteiger partial charge on any atom is 0.138 e. The number of halogens is 1. The van der Waals surface area contributed by atoms with E-state index in [2.05, 4.69) is 60.1 Å². The van der Waals surface area contributed by atoms with Gasteiger partial charge in [0, 0.05) is 6.42 Å². The largest absolute Gasteiger partial charge is 0.484 e. The number of benzene rings is 2. The van der Waals surface area contributed by atoms with Crippen LogP contribution in [-0.2, 0) is 0 Å². The van der Waals surface area contributed by atoms with Crippen LogP contribution in [0.2, 0.25) is 0 Å². The van der Waals surface area contributed by atoms with Crippen LogP contribution in [0.5, 0.6) is 5.75 Å². The third-order valence-electron chi connectivity index (χ3n) is 3.90. The molecule has 2 aromatic carbocycles. The second kappa shape index (κ2) is 8.34. The minimum atomic E-state index is 0. The number of hydrogen-bond acceptors (Lipinski definition) is 3. The first-order valence-corrected chi connectivity index (χ1v) is 8.50. The molecule has 0 unspecified atom stereocenters. The van der Waals surface area contributed by atoms with Crippen molar-refractivity contribution in [3.8, 4) is 5.75 Å². The lowest BCUT2D eigenvalue weighted by atomic mass is 10.1. The van der Waals surface area contributed by atoms with Crippen molar-refractivity contribution in [2.24, 2.45) is 0 Å². The molecule has 0 aliphatic carbocycles. The first-order chi connectivity index (χ1) is 10.8. The molecule has 0 saturated carbocycles. The van der Waals surface area contributed by atoms with Crippen molar-refractivity contribution >= 4 is 33.8 Å². The Morgan fingerprint density at radius 3 is 2.61 bits per heavy atom. The van der Waals surface area contributed by atoms with E-state index >= 15 is 0 Å². The van der Waals surface area contributed by atoms with Gasteiger partial charge in [0.2, 0.25) is 0 Å². The smallest absolute Gasteiger partial charge is 0.138 e. The van der Waals surface area contributed by atoms with Crippen molar-refractivity contribution in [2.75, 3.05) is 13.6 Å². The van der Waals surface area contributed by atoms with Gasteiger partial charge in [0.15, 0.2) is 0 Å². The van der Waals surface area contributed by atoms with Crippen molar-refractivity contribution in [3.05, 3.63) is 65.0 Å². The Labute approximate surface area is 147 Å². The van der Waals surface area contributed by atoms with Crippen LogP contribution in [-0.4, -0.2) is 13.6 Å². The molecule has 4 heteroatoms. The molecule has 1 heterocycles. The predicted octanol–water partition coefficient (Wildman–Crippen LogP) is 5.36. The number of aryl methyl sites for hydroxylation is 1. The van der Waals surface area contributed by atoms with Gasteiger partial charge in [0.05, 0.1) is 4.70 Å². The molecule has 1 aromatic heterocycles. The highest BCUT2D eigenvalue weighted by Crippen LogP contribution is 2.36. The molecule has 122 valence electrons. The zero-order valence-corrected chi connectivity index (χ0v) is 15.0. The van der Waals surface area contributed by atoms with Crippen molar-refractivity contribution in [1.82, 2.24) is 5.32 Å². The maximum absolute atomic E-state index is 6.40. The normalized spacial score (nSPS) is 11.9. The van der Waals surface area contributed by atoms with E-state index in [4.69, 9.17) is 4.74 Å². The van der Waals surface area contributed by atoms with Gasteiger partial charge in [-0.05, 0) is 54.5 Å². The van der Waals surface area contributed by atoms with Gasteiger partial charge in [-0.1, -0.05) is 36.4 Å². The van der Waals surface area contributed by atoms with Gasteiger partial charge in [-0.3, -0.25) is 0 Å². The molecule has 2 nitrogen and oxygen atoms in total. The summed E-state index contributed by atoms with van der Waals surface area (Å²) in [5.74, 6) is 0.987. The standard InChI is InChI=1S/C19H21NOS.ClH/c1-14-8-9-18(19-16(14)11-13-22-19)21-17(10-12-20-2)15-6-4-3-5-7-15;/h3-9,11,13,17,20H,10,12H2,1-2H3;1H/t17-;/m0./s1. The summed E-state index contributed by atoms with van der Waals surface area (Å²) in [4.78, 5) is 0. The number of thiophene rings is 1. The fraction of sp³-hybridized carbons (Fsp3) is 0.263. The highest BCUT2D eigenvalue weighted by Gasteiger charge is 2.15. The van der Waals surface area contributed by atoms with E-state index in [1.807, 2.05) is 13.1 Å². The molecule has 0 amide bonds. The molecule has 23 heavy (non-hydrogen) atoms. The number of fused-ring (bicyclic) bond motifs is 1. The van der Waals surface area contributed by atoms with Crippen LogP contribution in [0.4, 0.5) is 0 Å². The average Bonchev–Trinajstić information content (AvgIpc) is 3.05. The molecular formula is C19H22ClNOS. The Kier molecular flexibility index (Phi) is 6.46. The minimum absolute atomic E-state index is 0. The van der Waals surface area contributed by atoms with E-state index in [1.165, 1.54) is 21.2 Å². The Morgan fingerprint density at radius 2 is 1.87 bits per heavy atom. The fourth-order valence-corrected chi connectivity index (χ4v) is 3.59. The molecule has 1 N–H and O–H groups in total. The van der Waals surface area contributed by atoms with Gasteiger partial charge in [-0.2, -0.15) is 0 Å². The third kappa shape index (κ3) is 4.05. The number of hydrogen-bond donors (Lipinski definition) is 1. The molecule has 0 aliphatic rings. The van der Waals surface area contributed by atoms with Crippen LogP contribution in [0.25, 0.3) is 10.1 Å². The van der Waals surface area contributed by atoms with Crippen LogP contribution in [0.3, 0.4) is 0 Å². The second-order valence-electron chi connectivity index (χ2n) is 5.45. The molecular weight excluding hydrogens is 326 g/mol. The van der Waals surface area contributed by atoms with Gasteiger partial charge >= 0.3 is 0 Å². The van der Waals surface area contributed by atoms with Gasteiger partial charge in [-0.25, -0.2) is 0 Å². The predicted molar refractivity (Wildman–Crippen MR) is 102 cm³/mol. The topological polar surface area (TPSA) is 21.3 Å². The summed E-state index contributed by atoms with van der Waals surface area (Å²) in [5, 5.41) is 6.65. The highest BCUT2D eigenvalue weighted by atomic mass is 35.5. The van der Waals surface area contributed by atoms with E-state index in [-0.39, 0.29) is 18.5 Å². The minimum Gasteiger partial charge on any atom is -0.484 e. The Bertz CT molecular complexity index is 741. The summed E-state index contributed by atoms with van der Waals surface area (Å²) in [6, 6.07) is 16.9.